The molecule has 0 amide bonds. The van der Waals surface area contributed by atoms with E-state index in [1.54, 1.807) is 13.2 Å². The smallest absolute Gasteiger partial charge is 0.242 e. The topological polar surface area (TPSA) is 105 Å². The predicted molar refractivity (Wildman–Crippen MR) is 126 cm³/mol. The number of hydrogen-bond acceptors (Lipinski definition) is 5. The van der Waals surface area contributed by atoms with Gasteiger partial charge in [-0.05, 0) is 43.2 Å². The van der Waals surface area contributed by atoms with E-state index in [1.165, 1.54) is 24.0 Å². The maximum absolute atomic E-state index is 12.1. The van der Waals surface area contributed by atoms with E-state index < -0.39 is 10.0 Å². The van der Waals surface area contributed by atoms with E-state index >= 15 is 0 Å². The van der Waals surface area contributed by atoms with Crippen molar-refractivity contribution in [2.24, 2.45) is 4.99 Å². The third-order valence-corrected chi connectivity index (χ3v) is 5.27. The largest absolute Gasteiger partial charge is 0.497 e. The normalized spacial score (nSPS) is 11.4. The maximum atomic E-state index is 12.1. The van der Waals surface area contributed by atoms with Gasteiger partial charge in [0.1, 0.15) is 10.6 Å². The summed E-state index contributed by atoms with van der Waals surface area (Å²) in [6.45, 7) is 3.92. The van der Waals surface area contributed by atoms with Crippen molar-refractivity contribution in [2.75, 3.05) is 33.3 Å². The first-order chi connectivity index (χ1) is 13.5. The average molecular weight is 533 g/mol. The molecule has 0 aliphatic carbocycles. The Bertz CT molecular complexity index is 846. The van der Waals surface area contributed by atoms with Crippen LogP contribution in [0.2, 0.25) is 0 Å². The van der Waals surface area contributed by atoms with Crippen molar-refractivity contribution < 1.29 is 13.2 Å². The molecule has 1 aromatic heterocycles. The lowest BCUT2D eigenvalue weighted by atomic mass is 10.1. The second-order valence-corrected chi connectivity index (χ2v) is 7.64. The van der Waals surface area contributed by atoms with Gasteiger partial charge in [0.15, 0.2) is 5.96 Å². The maximum Gasteiger partial charge on any atom is 0.242 e. The molecule has 2 aromatic rings. The van der Waals surface area contributed by atoms with E-state index in [-0.39, 0.29) is 35.4 Å². The summed E-state index contributed by atoms with van der Waals surface area (Å²) in [6, 6.07) is 11.0. The highest BCUT2D eigenvalue weighted by molar-refractivity contribution is 14.0. The number of aliphatic imine (C=N–C) groups is 1. The predicted octanol–water partition coefficient (Wildman–Crippen LogP) is 1.78. The second kappa shape index (κ2) is 13.3. The lowest BCUT2D eigenvalue weighted by molar-refractivity contribution is 0.414. The Kier molecular flexibility index (Phi) is 11.5. The van der Waals surface area contributed by atoms with Crippen LogP contribution in [-0.4, -0.2) is 52.7 Å². The van der Waals surface area contributed by atoms with Crippen LogP contribution in [0.5, 0.6) is 5.75 Å². The van der Waals surface area contributed by atoms with Crippen LogP contribution in [0, 0.1) is 0 Å². The highest BCUT2D eigenvalue weighted by Crippen LogP contribution is 2.11. The van der Waals surface area contributed by atoms with Gasteiger partial charge in [0.25, 0.3) is 0 Å². The molecule has 8 nitrogen and oxygen atoms in total. The number of sulfonamides is 1. The molecule has 29 heavy (non-hydrogen) atoms. The van der Waals surface area contributed by atoms with Crippen molar-refractivity contribution in [3.63, 3.8) is 0 Å². The first kappa shape index (κ1) is 25.1. The number of nitrogens with zero attached hydrogens (tertiary/aromatic N) is 2. The van der Waals surface area contributed by atoms with Gasteiger partial charge in [0.2, 0.25) is 10.0 Å². The minimum Gasteiger partial charge on any atom is -0.497 e. The van der Waals surface area contributed by atoms with Gasteiger partial charge in [-0.25, -0.2) is 13.1 Å². The van der Waals surface area contributed by atoms with E-state index in [2.05, 4.69) is 25.3 Å². The molecule has 0 saturated heterocycles. The van der Waals surface area contributed by atoms with Crippen molar-refractivity contribution in [1.29, 1.82) is 0 Å². The lowest BCUT2D eigenvalue weighted by Crippen LogP contribution is -2.39. The molecule has 0 saturated carbocycles. The molecule has 1 aromatic carbocycles. The number of rotatable bonds is 10. The van der Waals surface area contributed by atoms with Gasteiger partial charge in [0, 0.05) is 32.0 Å². The Morgan fingerprint density at radius 1 is 1.14 bits per heavy atom. The number of guanidine groups is 1. The third-order valence-electron chi connectivity index (χ3n) is 3.83. The molecule has 0 unspecified atom stereocenters. The number of aromatic nitrogens is 1. The van der Waals surface area contributed by atoms with Crippen LogP contribution < -0.4 is 20.1 Å². The second-order valence-electron chi connectivity index (χ2n) is 5.87. The number of nitrogens with one attached hydrogen (secondary N) is 3. The van der Waals surface area contributed by atoms with Crippen LogP contribution in [0.4, 0.5) is 0 Å². The van der Waals surface area contributed by atoms with Gasteiger partial charge in [-0.3, -0.25) is 9.98 Å². The molecule has 10 heteroatoms. The zero-order valence-electron chi connectivity index (χ0n) is 16.6. The molecule has 0 bridgehead atoms. The average Bonchev–Trinajstić information content (AvgIpc) is 2.72. The SMILES string of the molecule is CCNC(=NCCNS(=O)(=O)c1cccnc1)NCCc1ccc(OC)cc1.I. The fraction of sp³-hybridized carbons (Fsp3) is 0.368. The van der Waals surface area contributed by atoms with Gasteiger partial charge in [-0.2, -0.15) is 0 Å². The van der Waals surface area contributed by atoms with E-state index in [9.17, 15) is 8.42 Å². The minimum absolute atomic E-state index is 0. The summed E-state index contributed by atoms with van der Waals surface area (Å²) in [4.78, 5) is 8.37. The summed E-state index contributed by atoms with van der Waals surface area (Å²) in [5, 5.41) is 6.40. The summed E-state index contributed by atoms with van der Waals surface area (Å²) in [6.07, 6.45) is 3.68. The van der Waals surface area contributed by atoms with E-state index in [1.807, 2.05) is 31.2 Å². The van der Waals surface area contributed by atoms with Gasteiger partial charge in [-0.15, -0.1) is 24.0 Å². The molecular formula is C19H28IN5O3S. The number of halogens is 1. The summed E-state index contributed by atoms with van der Waals surface area (Å²) < 4.78 is 32.0. The van der Waals surface area contributed by atoms with Crippen LogP contribution in [0.1, 0.15) is 12.5 Å². The summed E-state index contributed by atoms with van der Waals surface area (Å²) in [5.41, 5.74) is 1.19. The Balaban J connectivity index is 0.00000420. The Hall–Kier alpha value is -1.92. The summed E-state index contributed by atoms with van der Waals surface area (Å²) in [7, 11) is -1.92. The lowest BCUT2D eigenvalue weighted by Gasteiger charge is -2.12. The molecule has 3 N–H and O–H groups in total. The Morgan fingerprint density at radius 3 is 2.52 bits per heavy atom. The number of methoxy groups -OCH3 is 1. The van der Waals surface area contributed by atoms with Gasteiger partial charge in [-0.1, -0.05) is 12.1 Å². The van der Waals surface area contributed by atoms with Crippen LogP contribution in [0.25, 0.3) is 0 Å². The van der Waals surface area contributed by atoms with E-state index in [4.69, 9.17) is 4.74 Å². The summed E-state index contributed by atoms with van der Waals surface area (Å²) >= 11 is 0. The molecule has 0 radical (unpaired) electrons. The van der Waals surface area contributed by atoms with Gasteiger partial charge in [0.05, 0.1) is 13.7 Å². The molecule has 2 rings (SSSR count). The summed E-state index contributed by atoms with van der Waals surface area (Å²) in [5.74, 6) is 1.48. The van der Waals surface area contributed by atoms with E-state index in [0.717, 1.165) is 18.7 Å². The molecule has 1 heterocycles. The first-order valence-corrected chi connectivity index (χ1v) is 10.6. The zero-order valence-corrected chi connectivity index (χ0v) is 19.7. The molecule has 0 spiro atoms. The molecular weight excluding hydrogens is 505 g/mol. The van der Waals surface area contributed by atoms with Crippen LogP contribution in [-0.2, 0) is 16.4 Å². The fourth-order valence-electron chi connectivity index (χ4n) is 2.40. The molecule has 160 valence electrons. The zero-order chi connectivity index (χ0) is 20.2. The van der Waals surface area contributed by atoms with Crippen molar-refractivity contribution in [3.8, 4) is 5.75 Å². The monoisotopic (exact) mass is 533 g/mol. The molecule has 0 aliphatic heterocycles. The molecule has 0 fully saturated rings. The highest BCUT2D eigenvalue weighted by atomic mass is 127. The van der Waals surface area contributed by atoms with E-state index in [0.29, 0.717) is 19.0 Å². The number of ether oxygens (including phenoxy) is 1. The van der Waals surface area contributed by atoms with Crippen molar-refractivity contribution in [3.05, 3.63) is 54.4 Å². The van der Waals surface area contributed by atoms with Crippen LogP contribution in [0.15, 0.2) is 58.7 Å². The first-order valence-electron chi connectivity index (χ1n) is 9.10. The van der Waals surface area contributed by atoms with Crippen molar-refractivity contribution >= 4 is 40.0 Å². The third kappa shape index (κ3) is 8.96. The quantitative estimate of drug-likeness (QED) is 0.186. The standard InChI is InChI=1S/C19H27N5O3S.HI/c1-3-21-19(22-12-10-16-6-8-17(27-2)9-7-16)23-13-14-24-28(25,26)18-5-4-11-20-15-18;/h4-9,11,15,24H,3,10,12-14H2,1-2H3,(H2,21,22,23);1H. The van der Waals surface area contributed by atoms with Crippen molar-refractivity contribution in [1.82, 2.24) is 20.3 Å². The molecule has 0 atom stereocenters. The number of benzene rings is 1. The fourth-order valence-corrected chi connectivity index (χ4v) is 3.38. The minimum atomic E-state index is -3.56. The molecule has 0 aliphatic rings. The Labute approximate surface area is 189 Å². The van der Waals surface area contributed by atoms with Crippen molar-refractivity contribution in [2.45, 2.75) is 18.2 Å². The van der Waals surface area contributed by atoms with Gasteiger partial charge >= 0.3 is 0 Å². The van der Waals surface area contributed by atoms with Gasteiger partial charge < -0.3 is 15.4 Å². The highest BCUT2D eigenvalue weighted by Gasteiger charge is 2.12. The number of hydrogen-bond donors (Lipinski definition) is 3. The van der Waals surface area contributed by atoms with Crippen LogP contribution in [0.3, 0.4) is 0 Å². The Morgan fingerprint density at radius 2 is 1.90 bits per heavy atom. The van der Waals surface area contributed by atoms with Crippen LogP contribution >= 0.6 is 24.0 Å². The number of pyridine rings is 1.